The third-order valence-corrected chi connectivity index (χ3v) is 4.42. The van der Waals surface area contributed by atoms with Gasteiger partial charge in [0.25, 0.3) is 0 Å². The summed E-state index contributed by atoms with van der Waals surface area (Å²) in [6.07, 6.45) is 2.90. The molecule has 1 aliphatic carbocycles. The number of nitrogen functional groups attached to an aromatic ring is 1. The summed E-state index contributed by atoms with van der Waals surface area (Å²) in [7, 11) is 0. The molecule has 1 aromatic rings. The molecule has 1 saturated carbocycles. The van der Waals surface area contributed by atoms with E-state index < -0.39 is 17.1 Å². The number of nitrogens with two attached hydrogens (primary N) is 1. The quantitative estimate of drug-likeness (QED) is 0.746. The first-order chi connectivity index (χ1) is 10.2. The Kier molecular flexibility index (Phi) is 3.20. The molecule has 118 valence electrons. The molecule has 1 aliphatic heterocycles. The number of imide groups is 1. The number of ether oxygens (including phenoxy) is 1. The molecule has 22 heavy (non-hydrogen) atoms. The van der Waals surface area contributed by atoms with Gasteiger partial charge in [-0.25, -0.2) is 9.69 Å². The first kappa shape index (κ1) is 14.9. The Bertz CT molecular complexity index is 640. The largest absolute Gasteiger partial charge is 0.443 e. The number of benzene rings is 1. The van der Waals surface area contributed by atoms with Crippen LogP contribution in [-0.2, 0) is 14.9 Å². The van der Waals surface area contributed by atoms with E-state index in [9.17, 15) is 9.59 Å². The van der Waals surface area contributed by atoms with Crippen molar-refractivity contribution >= 4 is 23.4 Å². The van der Waals surface area contributed by atoms with Gasteiger partial charge in [0, 0.05) is 5.69 Å². The molecular formula is C17H22N2O3. The van der Waals surface area contributed by atoms with Gasteiger partial charge < -0.3 is 10.5 Å². The van der Waals surface area contributed by atoms with Crippen LogP contribution in [0.2, 0.25) is 0 Å². The summed E-state index contributed by atoms with van der Waals surface area (Å²) in [5.74, 6) is -0.167. The zero-order valence-electron chi connectivity index (χ0n) is 13.3. The van der Waals surface area contributed by atoms with Crippen molar-refractivity contribution in [3.05, 3.63) is 23.8 Å². The molecule has 5 nitrogen and oxygen atoms in total. The normalized spacial score (nSPS) is 19.6. The fraction of sp³-hybridized carbons (Fsp3) is 0.529. The Labute approximate surface area is 130 Å². The molecule has 5 heteroatoms. The van der Waals surface area contributed by atoms with Gasteiger partial charge in [0.05, 0.1) is 11.1 Å². The highest BCUT2D eigenvalue weighted by Crippen LogP contribution is 2.52. The summed E-state index contributed by atoms with van der Waals surface area (Å²) in [5.41, 5.74) is 6.78. The Morgan fingerprint density at radius 2 is 1.91 bits per heavy atom. The second kappa shape index (κ2) is 4.73. The molecule has 2 amide bonds. The lowest BCUT2D eigenvalue weighted by molar-refractivity contribution is -0.122. The van der Waals surface area contributed by atoms with E-state index in [0.717, 1.165) is 31.2 Å². The number of carbonyl (C=O) groups excluding carboxylic acids is 2. The fourth-order valence-corrected chi connectivity index (χ4v) is 3.52. The van der Waals surface area contributed by atoms with E-state index in [-0.39, 0.29) is 5.91 Å². The highest BCUT2D eigenvalue weighted by Gasteiger charge is 2.54. The van der Waals surface area contributed by atoms with Crippen molar-refractivity contribution in [1.29, 1.82) is 0 Å². The Morgan fingerprint density at radius 1 is 1.27 bits per heavy atom. The smallest absolute Gasteiger partial charge is 0.421 e. The van der Waals surface area contributed by atoms with Gasteiger partial charge in [-0.05, 0) is 57.4 Å². The molecule has 2 aliphatic rings. The first-order valence-electron chi connectivity index (χ1n) is 7.72. The SMILES string of the molecule is CC(C)(C)OC(=O)N1C(=O)C2(CCCC2)c2cc(N)ccc21. The van der Waals surface area contributed by atoms with Crippen LogP contribution in [-0.4, -0.2) is 17.6 Å². The molecule has 1 fully saturated rings. The zero-order chi connectivity index (χ0) is 16.1. The fourth-order valence-electron chi connectivity index (χ4n) is 3.52. The van der Waals surface area contributed by atoms with Crippen molar-refractivity contribution in [3.8, 4) is 0 Å². The van der Waals surface area contributed by atoms with E-state index in [1.54, 1.807) is 32.9 Å². The Morgan fingerprint density at radius 3 is 2.50 bits per heavy atom. The molecule has 0 saturated heterocycles. The summed E-state index contributed by atoms with van der Waals surface area (Å²) in [6.45, 7) is 5.38. The lowest BCUT2D eigenvalue weighted by atomic mass is 9.80. The van der Waals surface area contributed by atoms with Crippen molar-refractivity contribution in [2.75, 3.05) is 10.6 Å². The minimum Gasteiger partial charge on any atom is -0.443 e. The van der Waals surface area contributed by atoms with Gasteiger partial charge in [-0.1, -0.05) is 12.8 Å². The van der Waals surface area contributed by atoms with Crippen LogP contribution in [0.1, 0.15) is 52.0 Å². The standard InChI is InChI=1S/C17H22N2O3/c1-16(2,3)22-15(21)19-13-7-6-11(18)10-12(13)17(14(19)20)8-4-5-9-17/h6-7,10H,4-5,8-9,18H2,1-3H3. The maximum atomic E-state index is 13.0. The van der Waals surface area contributed by atoms with Crippen LogP contribution in [0.25, 0.3) is 0 Å². The lowest BCUT2D eigenvalue weighted by Gasteiger charge is -2.25. The predicted octanol–water partition coefficient (Wildman–Crippen LogP) is 3.36. The van der Waals surface area contributed by atoms with Crippen LogP contribution < -0.4 is 10.6 Å². The number of hydrogen-bond donors (Lipinski definition) is 1. The maximum absolute atomic E-state index is 13.0. The van der Waals surface area contributed by atoms with E-state index in [0.29, 0.717) is 11.4 Å². The average Bonchev–Trinajstić information content (AvgIpc) is 2.96. The second-order valence-corrected chi connectivity index (χ2v) is 7.19. The highest BCUT2D eigenvalue weighted by atomic mass is 16.6. The molecule has 0 bridgehead atoms. The lowest BCUT2D eigenvalue weighted by Crippen LogP contribution is -2.44. The monoisotopic (exact) mass is 302 g/mol. The molecule has 1 aromatic carbocycles. The first-order valence-corrected chi connectivity index (χ1v) is 7.72. The number of carbonyl (C=O) groups is 2. The van der Waals surface area contributed by atoms with Gasteiger partial charge in [-0.2, -0.15) is 0 Å². The van der Waals surface area contributed by atoms with Gasteiger partial charge in [0.15, 0.2) is 0 Å². The summed E-state index contributed by atoms with van der Waals surface area (Å²) >= 11 is 0. The highest BCUT2D eigenvalue weighted by molar-refractivity contribution is 6.21. The molecule has 0 aromatic heterocycles. The third kappa shape index (κ3) is 2.16. The Hall–Kier alpha value is -2.04. The van der Waals surface area contributed by atoms with Crippen LogP contribution in [0.4, 0.5) is 16.2 Å². The Balaban J connectivity index is 2.07. The van der Waals surface area contributed by atoms with E-state index >= 15 is 0 Å². The maximum Gasteiger partial charge on any atom is 0.421 e. The van der Waals surface area contributed by atoms with Crippen molar-refractivity contribution in [1.82, 2.24) is 0 Å². The topological polar surface area (TPSA) is 72.6 Å². The summed E-state index contributed by atoms with van der Waals surface area (Å²) in [6, 6.07) is 5.31. The molecule has 2 N–H and O–H groups in total. The summed E-state index contributed by atoms with van der Waals surface area (Å²) in [4.78, 5) is 26.7. The molecule has 0 unspecified atom stereocenters. The van der Waals surface area contributed by atoms with Crippen molar-refractivity contribution in [2.45, 2.75) is 57.5 Å². The van der Waals surface area contributed by atoms with Crippen LogP contribution in [0.3, 0.4) is 0 Å². The van der Waals surface area contributed by atoms with E-state index in [1.807, 2.05) is 6.07 Å². The van der Waals surface area contributed by atoms with Gasteiger partial charge in [0.2, 0.25) is 5.91 Å². The molecular weight excluding hydrogens is 280 g/mol. The van der Waals surface area contributed by atoms with Crippen LogP contribution in [0.15, 0.2) is 18.2 Å². The number of nitrogens with zero attached hydrogens (tertiary/aromatic N) is 1. The van der Waals surface area contributed by atoms with E-state index in [2.05, 4.69) is 0 Å². The minimum absolute atomic E-state index is 0.167. The van der Waals surface area contributed by atoms with Gasteiger partial charge in [-0.3, -0.25) is 4.79 Å². The minimum atomic E-state index is -0.642. The van der Waals surface area contributed by atoms with E-state index in [4.69, 9.17) is 10.5 Å². The number of hydrogen-bond acceptors (Lipinski definition) is 4. The number of anilines is 2. The van der Waals surface area contributed by atoms with Gasteiger partial charge in [-0.15, -0.1) is 0 Å². The second-order valence-electron chi connectivity index (χ2n) is 7.19. The van der Waals surface area contributed by atoms with Crippen molar-refractivity contribution in [2.24, 2.45) is 0 Å². The number of amides is 2. The summed E-state index contributed by atoms with van der Waals surface area (Å²) < 4.78 is 5.42. The number of rotatable bonds is 0. The van der Waals surface area contributed by atoms with Gasteiger partial charge in [0.1, 0.15) is 5.60 Å². The molecule has 1 spiro atoms. The van der Waals surface area contributed by atoms with Crippen LogP contribution in [0, 0.1) is 0 Å². The van der Waals surface area contributed by atoms with Crippen LogP contribution >= 0.6 is 0 Å². The zero-order valence-corrected chi connectivity index (χ0v) is 13.3. The van der Waals surface area contributed by atoms with Crippen molar-refractivity contribution < 1.29 is 14.3 Å². The number of fused-ring (bicyclic) bond motifs is 2. The molecule has 0 radical (unpaired) electrons. The predicted molar refractivity (Wildman–Crippen MR) is 84.7 cm³/mol. The van der Waals surface area contributed by atoms with E-state index in [1.165, 1.54) is 4.90 Å². The van der Waals surface area contributed by atoms with Crippen LogP contribution in [0.5, 0.6) is 0 Å². The molecule has 1 heterocycles. The molecule has 0 atom stereocenters. The van der Waals surface area contributed by atoms with Gasteiger partial charge >= 0.3 is 6.09 Å². The summed E-state index contributed by atoms with van der Waals surface area (Å²) in [5, 5.41) is 0. The molecule has 3 rings (SSSR count). The third-order valence-electron chi connectivity index (χ3n) is 4.42. The average molecular weight is 302 g/mol. The van der Waals surface area contributed by atoms with Crippen molar-refractivity contribution in [3.63, 3.8) is 0 Å².